The maximum Gasteiger partial charge on any atom is 0.407 e. The molecule has 0 radical (unpaired) electrons. The van der Waals surface area contributed by atoms with E-state index in [1.807, 2.05) is 87.7 Å². The molecule has 2 aromatic rings. The zero-order chi connectivity index (χ0) is 33.3. The smallest absolute Gasteiger partial charge is 0.407 e. The Morgan fingerprint density at radius 1 is 1.24 bits per heavy atom. The third kappa shape index (κ3) is 22.4. The van der Waals surface area contributed by atoms with Gasteiger partial charge in [-0.15, -0.1) is 22.1 Å². The normalized spacial score (nSPS) is 10.9. The minimum absolute atomic E-state index is 0.186. The van der Waals surface area contributed by atoms with E-state index in [1.165, 1.54) is 0 Å². The summed E-state index contributed by atoms with van der Waals surface area (Å²) in [5.41, 5.74) is 8.98. The second-order valence-electron chi connectivity index (χ2n) is 9.23. The number of hydrogen-bond acceptors (Lipinski definition) is 5. The van der Waals surface area contributed by atoms with Crippen LogP contribution in [-0.4, -0.2) is 51.8 Å². The zero-order valence-electron chi connectivity index (χ0n) is 27.2. The van der Waals surface area contributed by atoms with Crippen LogP contribution in [0.15, 0.2) is 41.3 Å². The van der Waals surface area contributed by atoms with Crippen molar-refractivity contribution in [1.82, 2.24) is 20.1 Å². The Labute approximate surface area is 255 Å². The van der Waals surface area contributed by atoms with Crippen molar-refractivity contribution in [2.45, 2.75) is 101 Å². The second kappa shape index (κ2) is 25.4. The maximum atomic E-state index is 11.7. The van der Waals surface area contributed by atoms with E-state index in [4.69, 9.17) is 10.5 Å². The molecule has 1 unspecified atom stereocenters. The number of hydrogen-bond donors (Lipinski definition) is 2. The average molecular weight is 611 g/mol. The van der Waals surface area contributed by atoms with Crippen molar-refractivity contribution in [3.8, 4) is 24.0 Å². The monoisotopic (exact) mass is 610 g/mol. The number of amides is 1. The lowest BCUT2D eigenvalue weighted by molar-refractivity contribution is 0.0525. The molecule has 2 heterocycles. The number of carbonyl (C=O) groups excluding carboxylic acids is 1. The molecule has 42 heavy (non-hydrogen) atoms. The molecule has 3 N–H and O–H groups in total. The highest BCUT2D eigenvalue weighted by Crippen LogP contribution is 2.17. The topological polar surface area (TPSA) is 107 Å². The van der Waals surface area contributed by atoms with Crippen molar-refractivity contribution in [1.29, 1.82) is 0 Å². The Bertz CT molecular complexity index is 1080. The van der Waals surface area contributed by atoms with Crippen LogP contribution >= 0.6 is 9.24 Å². The number of alkyl halides is 2. The number of amidine groups is 1. The summed E-state index contributed by atoms with van der Waals surface area (Å²) in [6.07, 6.45) is 14.3. The van der Waals surface area contributed by atoms with Gasteiger partial charge in [-0.25, -0.2) is 13.6 Å². The second-order valence-corrected chi connectivity index (χ2v) is 9.85. The fourth-order valence-electron chi connectivity index (χ4n) is 2.97. The van der Waals surface area contributed by atoms with Gasteiger partial charge in [-0.05, 0) is 58.5 Å². The van der Waals surface area contributed by atoms with E-state index in [-0.39, 0.29) is 5.84 Å². The van der Waals surface area contributed by atoms with Gasteiger partial charge >= 0.3 is 6.09 Å². The molecular formula is C31H53F2N6O2P. The van der Waals surface area contributed by atoms with Crippen molar-refractivity contribution in [3.63, 3.8) is 0 Å². The number of nitrogens with two attached hydrogens (primary N) is 1. The number of carbonyl (C=O) groups is 1. The van der Waals surface area contributed by atoms with Crippen LogP contribution in [0.3, 0.4) is 0 Å². The molecule has 238 valence electrons. The summed E-state index contributed by atoms with van der Waals surface area (Å²) in [7, 11) is 2.72. The summed E-state index contributed by atoms with van der Waals surface area (Å²) >= 11 is 0. The van der Waals surface area contributed by atoms with Crippen molar-refractivity contribution in [2.75, 3.05) is 13.1 Å². The summed E-state index contributed by atoms with van der Waals surface area (Å²) < 4.78 is 30.4. The number of aryl methyl sites for hydroxylation is 1. The van der Waals surface area contributed by atoms with Crippen LogP contribution in [0, 0.1) is 19.8 Å². The summed E-state index contributed by atoms with van der Waals surface area (Å²) in [6.45, 7) is 19.9. The lowest BCUT2D eigenvalue weighted by Crippen LogP contribution is -2.34. The zero-order valence-corrected chi connectivity index (χ0v) is 28.3. The minimum Gasteiger partial charge on any atom is -0.444 e. The highest BCUT2D eigenvalue weighted by atomic mass is 31.0. The van der Waals surface area contributed by atoms with Gasteiger partial charge in [0.2, 0.25) is 0 Å². The third-order valence-electron chi connectivity index (χ3n) is 4.48. The molecule has 0 aliphatic rings. The molecule has 8 nitrogen and oxygen atoms in total. The van der Waals surface area contributed by atoms with E-state index in [0.29, 0.717) is 13.1 Å². The number of aliphatic imine (C=N–C) groups is 1. The number of rotatable bonds is 9. The quantitative estimate of drug-likeness (QED) is 0.139. The summed E-state index contributed by atoms with van der Waals surface area (Å²) in [4.78, 5) is 19.4. The molecule has 0 aromatic carbocycles. The van der Waals surface area contributed by atoms with Crippen LogP contribution in [0.5, 0.6) is 0 Å². The SMILES string of the molecule is C#C.CC.CC.CCC/C(C)=C/C(N)=NCC(F)F.Cc1cc(P)c(-c2cnn(CCNC(=O)OC(C)(C)C)c2)cn1. The Morgan fingerprint density at radius 3 is 2.33 bits per heavy atom. The van der Waals surface area contributed by atoms with Crippen LogP contribution in [0.2, 0.25) is 0 Å². The van der Waals surface area contributed by atoms with E-state index in [9.17, 15) is 13.6 Å². The molecule has 0 aliphatic carbocycles. The van der Waals surface area contributed by atoms with E-state index in [1.54, 1.807) is 17.0 Å². The number of ether oxygens (including phenoxy) is 1. The Morgan fingerprint density at radius 2 is 1.83 bits per heavy atom. The number of pyridine rings is 1. The number of terminal acetylenes is 1. The third-order valence-corrected chi connectivity index (χ3v) is 4.95. The predicted molar refractivity (Wildman–Crippen MR) is 178 cm³/mol. The standard InChI is InChI=1S/C16H23N4O2P.C9H16F2N2.2C2H6.C2H2/c1-11-7-14(23)13(9-18-11)12-8-19-20(10-12)6-5-17-15(21)22-16(2,3)4;1-3-4-7(2)5-9(12)13-6-8(10)11;3*1-2/h7-10H,5-6,23H2,1-4H3,(H,17,21);5,8H,3-4,6H2,1-2H3,(H2,12,13);2*1-2H3;1-2H/b;7-5+;;;. The minimum atomic E-state index is -2.42. The van der Waals surface area contributed by atoms with Gasteiger partial charge in [0.15, 0.2) is 0 Å². The molecule has 0 aliphatic heterocycles. The van der Waals surface area contributed by atoms with Crippen molar-refractivity contribution in [3.05, 3.63) is 42.0 Å². The highest BCUT2D eigenvalue weighted by Gasteiger charge is 2.15. The molecule has 0 saturated heterocycles. The maximum absolute atomic E-state index is 11.7. The summed E-state index contributed by atoms with van der Waals surface area (Å²) in [6, 6.07) is 2.02. The van der Waals surface area contributed by atoms with Crippen LogP contribution in [0.25, 0.3) is 11.1 Å². The van der Waals surface area contributed by atoms with Crippen LogP contribution in [-0.2, 0) is 11.3 Å². The molecule has 0 saturated carbocycles. The summed E-state index contributed by atoms with van der Waals surface area (Å²) in [5.74, 6) is 0.186. The molecule has 0 fully saturated rings. The van der Waals surface area contributed by atoms with Gasteiger partial charge in [-0.3, -0.25) is 14.7 Å². The number of nitrogens with one attached hydrogen (secondary N) is 1. The molecule has 2 aromatic heterocycles. The molecule has 11 heteroatoms. The molecule has 0 spiro atoms. The molecule has 2 rings (SSSR count). The predicted octanol–water partition coefficient (Wildman–Crippen LogP) is 6.94. The Hall–Kier alpha value is -3.31. The van der Waals surface area contributed by atoms with E-state index in [0.717, 1.165) is 40.5 Å². The van der Waals surface area contributed by atoms with Crippen molar-refractivity contribution >= 4 is 26.5 Å². The van der Waals surface area contributed by atoms with E-state index >= 15 is 0 Å². The number of aromatic nitrogens is 3. The number of halogens is 2. The number of allylic oxidation sites excluding steroid dienone is 1. The lowest BCUT2D eigenvalue weighted by Gasteiger charge is -2.19. The molecule has 0 bridgehead atoms. The average Bonchev–Trinajstić information content (AvgIpc) is 3.39. The highest BCUT2D eigenvalue weighted by molar-refractivity contribution is 7.28. The largest absolute Gasteiger partial charge is 0.444 e. The van der Waals surface area contributed by atoms with Gasteiger partial charge in [0.1, 0.15) is 18.0 Å². The first-order valence-electron chi connectivity index (χ1n) is 14.1. The lowest BCUT2D eigenvalue weighted by atomic mass is 10.1. The number of alkyl carbamates (subject to hydrolysis) is 1. The first-order valence-corrected chi connectivity index (χ1v) is 14.7. The van der Waals surface area contributed by atoms with Gasteiger partial charge in [0.05, 0.1) is 12.7 Å². The van der Waals surface area contributed by atoms with E-state index < -0.39 is 24.7 Å². The van der Waals surface area contributed by atoms with Crippen molar-refractivity contribution < 1.29 is 18.3 Å². The molecular weight excluding hydrogens is 557 g/mol. The molecule has 1 amide bonds. The summed E-state index contributed by atoms with van der Waals surface area (Å²) in [5, 5.41) is 8.12. The van der Waals surface area contributed by atoms with Gasteiger partial charge in [-0.2, -0.15) is 5.10 Å². The van der Waals surface area contributed by atoms with Gasteiger partial charge in [0.25, 0.3) is 6.43 Å². The van der Waals surface area contributed by atoms with Crippen LogP contribution < -0.4 is 16.4 Å². The Kier molecular flexibility index (Phi) is 26.1. The van der Waals surface area contributed by atoms with Crippen LogP contribution in [0.1, 0.15) is 80.8 Å². The van der Waals surface area contributed by atoms with Crippen LogP contribution in [0.4, 0.5) is 13.6 Å². The number of nitrogens with zero attached hydrogens (tertiary/aromatic N) is 4. The fourth-order valence-corrected chi connectivity index (χ4v) is 3.46. The Balaban J connectivity index is -0.000000683. The van der Waals surface area contributed by atoms with Gasteiger partial charge < -0.3 is 15.8 Å². The fraction of sp³-hybridized carbons (Fsp3) is 0.548. The van der Waals surface area contributed by atoms with E-state index in [2.05, 4.69) is 42.5 Å². The van der Waals surface area contributed by atoms with Gasteiger partial charge in [0, 0.05) is 35.8 Å². The molecule has 1 atom stereocenters. The van der Waals surface area contributed by atoms with Gasteiger partial charge in [-0.1, -0.05) is 46.6 Å². The van der Waals surface area contributed by atoms with Crippen molar-refractivity contribution in [2.24, 2.45) is 10.7 Å². The first kappa shape index (κ1) is 43.1. The first-order chi connectivity index (χ1) is 19.8.